The van der Waals surface area contributed by atoms with E-state index in [2.05, 4.69) is 17.6 Å². The number of carbonyl (C=O) groups is 3. The van der Waals surface area contributed by atoms with Crippen molar-refractivity contribution in [1.82, 2.24) is 10.6 Å². The van der Waals surface area contributed by atoms with Crippen LogP contribution in [0.1, 0.15) is 94.0 Å². The monoisotopic (exact) mass is 540 g/mol. The fourth-order valence-corrected chi connectivity index (χ4v) is 7.36. The molecule has 1 aromatic carbocycles. The number of nitrogens with one attached hydrogen (secondary N) is 2. The molecule has 5 rings (SSSR count). The third kappa shape index (κ3) is 5.48. The van der Waals surface area contributed by atoms with E-state index in [-0.39, 0.29) is 35.3 Å². The normalized spacial score (nSPS) is 32.7. The molecule has 3 N–H and O–H groups in total. The lowest BCUT2D eigenvalue weighted by atomic mass is 9.70. The Morgan fingerprint density at radius 3 is 2.31 bits per heavy atom. The molecule has 4 fully saturated rings. The fourth-order valence-electron chi connectivity index (χ4n) is 7.36. The predicted octanol–water partition coefficient (Wildman–Crippen LogP) is 4.87. The first-order valence-corrected chi connectivity index (χ1v) is 14.7. The van der Waals surface area contributed by atoms with Gasteiger partial charge in [-0.3, -0.25) is 14.4 Å². The number of ether oxygens (including phenoxy) is 2. The summed E-state index contributed by atoms with van der Waals surface area (Å²) in [5, 5.41) is 16.0. The van der Waals surface area contributed by atoms with E-state index in [1.165, 1.54) is 6.42 Å². The SMILES string of the molecule is COc1cc(C)c(OC2CCC(C)(C(=O)O)CC2)cc1C(=O)NC1C2CCC(C2)C1C(=O)NCC1(C)CCC1. The average Bonchev–Trinajstić information content (AvgIpc) is 3.50. The Balaban J connectivity index is 1.28. The molecule has 2 amide bonds. The molecule has 8 nitrogen and oxygen atoms in total. The largest absolute Gasteiger partial charge is 0.496 e. The van der Waals surface area contributed by atoms with E-state index in [1.54, 1.807) is 20.1 Å². The van der Waals surface area contributed by atoms with Gasteiger partial charge in [-0.05, 0) is 107 Å². The van der Waals surface area contributed by atoms with Crippen LogP contribution in [0.25, 0.3) is 0 Å². The van der Waals surface area contributed by atoms with E-state index in [1.807, 2.05) is 13.0 Å². The molecule has 39 heavy (non-hydrogen) atoms. The second kappa shape index (κ2) is 10.7. The molecule has 4 unspecified atom stereocenters. The van der Waals surface area contributed by atoms with Gasteiger partial charge in [-0.1, -0.05) is 13.3 Å². The summed E-state index contributed by atoms with van der Waals surface area (Å²) in [6, 6.07) is 3.38. The summed E-state index contributed by atoms with van der Waals surface area (Å²) in [5.41, 5.74) is 0.756. The number of aliphatic carboxylic acids is 1. The number of carboxylic acid groups (broad SMARTS) is 1. The Kier molecular flexibility index (Phi) is 7.59. The van der Waals surface area contributed by atoms with Gasteiger partial charge in [-0.25, -0.2) is 0 Å². The molecule has 8 heteroatoms. The van der Waals surface area contributed by atoms with Crippen LogP contribution in [0, 0.1) is 35.5 Å². The number of rotatable bonds is 9. The molecule has 0 aromatic heterocycles. The van der Waals surface area contributed by atoms with Crippen LogP contribution in [-0.4, -0.2) is 48.7 Å². The van der Waals surface area contributed by atoms with Gasteiger partial charge in [0.15, 0.2) is 0 Å². The maximum Gasteiger partial charge on any atom is 0.309 e. The lowest BCUT2D eigenvalue weighted by Gasteiger charge is -2.39. The zero-order valence-corrected chi connectivity index (χ0v) is 23.8. The molecule has 214 valence electrons. The van der Waals surface area contributed by atoms with Gasteiger partial charge in [0, 0.05) is 12.6 Å². The minimum absolute atomic E-state index is 0.0752. The van der Waals surface area contributed by atoms with Gasteiger partial charge in [-0.2, -0.15) is 0 Å². The maximum absolute atomic E-state index is 13.7. The van der Waals surface area contributed by atoms with Gasteiger partial charge >= 0.3 is 5.97 Å². The smallest absolute Gasteiger partial charge is 0.309 e. The van der Waals surface area contributed by atoms with Crippen LogP contribution in [0.5, 0.6) is 11.5 Å². The van der Waals surface area contributed by atoms with E-state index in [0.717, 1.165) is 37.7 Å². The summed E-state index contributed by atoms with van der Waals surface area (Å²) in [6.45, 7) is 6.66. The van der Waals surface area contributed by atoms with Crippen molar-refractivity contribution in [2.24, 2.45) is 28.6 Å². The second-order valence-electron chi connectivity index (χ2n) is 13.2. The molecule has 4 atom stereocenters. The number of carbonyl (C=O) groups excluding carboxylic acids is 2. The Hall–Kier alpha value is -2.77. The maximum atomic E-state index is 13.7. The van der Waals surface area contributed by atoms with Crippen molar-refractivity contribution in [2.45, 2.75) is 97.1 Å². The Labute approximate surface area is 231 Å². The molecule has 1 aromatic rings. The van der Waals surface area contributed by atoms with Crippen LogP contribution in [0.15, 0.2) is 12.1 Å². The molecule has 0 spiro atoms. The lowest BCUT2D eigenvalue weighted by molar-refractivity contribution is -0.150. The average molecular weight is 541 g/mol. The van der Waals surface area contributed by atoms with Gasteiger partial charge in [0.05, 0.1) is 30.1 Å². The van der Waals surface area contributed by atoms with Crippen LogP contribution in [0.4, 0.5) is 0 Å². The van der Waals surface area contributed by atoms with Gasteiger partial charge in [-0.15, -0.1) is 0 Å². The number of hydrogen-bond acceptors (Lipinski definition) is 5. The quantitative estimate of drug-likeness (QED) is 0.412. The van der Waals surface area contributed by atoms with Crippen LogP contribution in [-0.2, 0) is 9.59 Å². The highest BCUT2D eigenvalue weighted by Crippen LogP contribution is 2.49. The molecule has 2 bridgehead atoms. The summed E-state index contributed by atoms with van der Waals surface area (Å²) in [7, 11) is 1.55. The predicted molar refractivity (Wildman–Crippen MR) is 147 cm³/mol. The van der Waals surface area contributed by atoms with E-state index in [4.69, 9.17) is 9.47 Å². The van der Waals surface area contributed by atoms with Gasteiger partial charge in [0.2, 0.25) is 5.91 Å². The summed E-state index contributed by atoms with van der Waals surface area (Å²) in [4.78, 5) is 38.6. The van der Waals surface area contributed by atoms with Crippen LogP contribution >= 0.6 is 0 Å². The summed E-state index contributed by atoms with van der Waals surface area (Å²) in [6.07, 6.45) is 8.91. The number of hydrogen-bond donors (Lipinski definition) is 3. The van der Waals surface area contributed by atoms with Crippen LogP contribution < -0.4 is 20.1 Å². The molecule has 0 aliphatic heterocycles. The van der Waals surface area contributed by atoms with Crippen molar-refractivity contribution < 1.29 is 29.0 Å². The zero-order chi connectivity index (χ0) is 27.9. The first-order chi connectivity index (χ1) is 18.5. The second-order valence-corrected chi connectivity index (χ2v) is 13.2. The molecule has 4 saturated carbocycles. The summed E-state index contributed by atoms with van der Waals surface area (Å²) < 4.78 is 11.9. The van der Waals surface area contributed by atoms with E-state index in [9.17, 15) is 19.5 Å². The first-order valence-electron chi connectivity index (χ1n) is 14.7. The minimum atomic E-state index is -0.759. The highest BCUT2D eigenvalue weighted by atomic mass is 16.5. The highest BCUT2D eigenvalue weighted by Gasteiger charge is 2.51. The van der Waals surface area contributed by atoms with Crippen molar-refractivity contribution in [2.75, 3.05) is 13.7 Å². The Morgan fingerprint density at radius 1 is 1.00 bits per heavy atom. The zero-order valence-electron chi connectivity index (χ0n) is 23.8. The van der Waals surface area contributed by atoms with E-state index >= 15 is 0 Å². The minimum Gasteiger partial charge on any atom is -0.496 e. The molecule has 0 heterocycles. The molecular weight excluding hydrogens is 496 g/mol. The van der Waals surface area contributed by atoms with Gasteiger partial charge in [0.1, 0.15) is 11.5 Å². The number of aryl methyl sites for hydroxylation is 1. The molecule has 4 aliphatic carbocycles. The third-order valence-corrected chi connectivity index (χ3v) is 10.4. The number of methoxy groups -OCH3 is 1. The number of fused-ring (bicyclic) bond motifs is 2. The number of amides is 2. The first kappa shape index (κ1) is 27.8. The molecule has 4 aliphatic rings. The van der Waals surface area contributed by atoms with Crippen molar-refractivity contribution in [3.8, 4) is 11.5 Å². The topological polar surface area (TPSA) is 114 Å². The molecule has 0 saturated heterocycles. The van der Waals surface area contributed by atoms with E-state index < -0.39 is 11.4 Å². The summed E-state index contributed by atoms with van der Waals surface area (Å²) in [5.74, 6) is 0.580. The lowest BCUT2D eigenvalue weighted by Crippen LogP contribution is -2.51. The van der Waals surface area contributed by atoms with Crippen molar-refractivity contribution >= 4 is 17.8 Å². The van der Waals surface area contributed by atoms with E-state index in [0.29, 0.717) is 61.1 Å². The fraction of sp³-hybridized carbons (Fsp3) is 0.710. The standard InChI is InChI=1S/C31H44N2O6/c1-18-14-24(38-4)22(16-23(18)39-21-8-12-31(3,13-9-21)29(36)37)27(34)33-26-20-7-6-19(15-20)25(26)28(35)32-17-30(2)10-5-11-30/h14,16,19-21,25-26H,5-13,15,17H2,1-4H3,(H,32,35)(H,33,34)(H,36,37). The van der Waals surface area contributed by atoms with Crippen molar-refractivity contribution in [1.29, 1.82) is 0 Å². The molecular formula is C31H44N2O6. The highest BCUT2D eigenvalue weighted by molar-refractivity contribution is 5.98. The van der Waals surface area contributed by atoms with Crippen LogP contribution in [0.2, 0.25) is 0 Å². The number of benzene rings is 1. The molecule has 0 radical (unpaired) electrons. The van der Waals surface area contributed by atoms with Crippen molar-refractivity contribution in [3.05, 3.63) is 23.3 Å². The number of carboxylic acids is 1. The van der Waals surface area contributed by atoms with Gasteiger partial charge < -0.3 is 25.2 Å². The Bertz CT molecular complexity index is 1120. The summed E-state index contributed by atoms with van der Waals surface area (Å²) >= 11 is 0. The third-order valence-electron chi connectivity index (χ3n) is 10.4. The van der Waals surface area contributed by atoms with Gasteiger partial charge in [0.25, 0.3) is 5.91 Å². The van der Waals surface area contributed by atoms with Crippen LogP contribution in [0.3, 0.4) is 0 Å². The Morgan fingerprint density at radius 2 is 1.69 bits per heavy atom. The van der Waals surface area contributed by atoms with Crippen molar-refractivity contribution in [3.63, 3.8) is 0 Å².